The second kappa shape index (κ2) is 14.1. The molecular weight excluding hydrogens is 761 g/mol. The highest BCUT2D eigenvalue weighted by molar-refractivity contribution is 6.24. The molecule has 0 bridgehead atoms. The van der Waals surface area contributed by atoms with Gasteiger partial charge >= 0.3 is 0 Å². The Labute approximate surface area is 367 Å². The van der Waals surface area contributed by atoms with E-state index in [1.165, 1.54) is 127 Å². The largest absolute Gasteiger partial charge is 0.335 e. The maximum Gasteiger partial charge on any atom is 0.0573 e. The molecule has 0 aromatic heterocycles. The molecule has 2 heterocycles. The van der Waals surface area contributed by atoms with E-state index in [9.17, 15) is 0 Å². The summed E-state index contributed by atoms with van der Waals surface area (Å²) < 4.78 is 0. The van der Waals surface area contributed by atoms with Gasteiger partial charge in [-0.05, 0) is 96.7 Å². The van der Waals surface area contributed by atoms with Crippen molar-refractivity contribution in [2.24, 2.45) is 0 Å². The molecule has 2 heteroatoms. The number of hydrogen-bond acceptors (Lipinski definition) is 2. The zero-order valence-corrected chi connectivity index (χ0v) is 35.0. The second-order valence-electron chi connectivity index (χ2n) is 17.2. The zero-order chi connectivity index (χ0) is 41.6. The first-order chi connectivity index (χ1) is 31.2. The summed E-state index contributed by atoms with van der Waals surface area (Å²) in [6.45, 7) is 3.87. The summed E-state index contributed by atoms with van der Waals surface area (Å²) in [6, 6.07) is 79.1. The van der Waals surface area contributed by atoms with E-state index in [-0.39, 0.29) is 0 Å². The topological polar surface area (TPSA) is 6.48 Å². The molecule has 0 unspecified atom stereocenters. The summed E-state index contributed by atoms with van der Waals surface area (Å²) in [5.74, 6) is 0. The normalized spacial score (nSPS) is 13.0. The maximum absolute atomic E-state index is 2.56. The number of aryl methyl sites for hydroxylation is 1. The fourth-order valence-electron chi connectivity index (χ4n) is 11.1. The molecule has 0 fully saturated rings. The Morgan fingerprint density at radius 2 is 0.603 bits per heavy atom. The van der Waals surface area contributed by atoms with E-state index in [2.05, 4.69) is 229 Å². The summed E-state index contributed by atoms with van der Waals surface area (Å²) >= 11 is 0. The van der Waals surface area contributed by atoms with Crippen molar-refractivity contribution in [3.63, 3.8) is 0 Å². The highest BCUT2D eigenvalue weighted by Crippen LogP contribution is 2.53. The monoisotopic (exact) mass is 802 g/mol. The third-order valence-corrected chi connectivity index (χ3v) is 13.7. The lowest BCUT2D eigenvalue weighted by Gasteiger charge is -2.35. The molecule has 0 amide bonds. The number of anilines is 4. The van der Waals surface area contributed by atoms with Gasteiger partial charge in [0.1, 0.15) is 0 Å². The molecule has 0 spiro atoms. The number of para-hydroxylation sites is 2. The van der Waals surface area contributed by atoms with E-state index in [4.69, 9.17) is 0 Å². The van der Waals surface area contributed by atoms with E-state index >= 15 is 0 Å². The Morgan fingerprint density at radius 1 is 0.302 bits per heavy atom. The predicted molar refractivity (Wildman–Crippen MR) is 268 cm³/mol. The fourth-order valence-corrected chi connectivity index (χ4v) is 11.1. The predicted octanol–water partition coefficient (Wildman–Crippen LogP) is 16.6. The molecule has 11 aromatic rings. The van der Waals surface area contributed by atoms with Crippen molar-refractivity contribution in [2.45, 2.75) is 20.0 Å². The van der Waals surface area contributed by atoms with Gasteiger partial charge < -0.3 is 9.80 Å². The van der Waals surface area contributed by atoms with Crippen LogP contribution in [0.5, 0.6) is 0 Å². The minimum absolute atomic E-state index is 0.806. The number of rotatable bonds is 4. The molecule has 11 aromatic carbocycles. The molecule has 0 saturated heterocycles. The minimum Gasteiger partial charge on any atom is -0.335 e. The molecule has 0 aliphatic carbocycles. The highest BCUT2D eigenvalue weighted by atomic mass is 15.2. The molecule has 2 nitrogen and oxygen atoms in total. The molecule has 0 N–H and O–H groups in total. The molecule has 2 aliphatic rings. The van der Waals surface area contributed by atoms with Gasteiger partial charge in [-0.2, -0.15) is 0 Å². The Balaban J connectivity index is 1.04. The molecule has 13 rings (SSSR count). The number of benzene rings is 11. The lowest BCUT2D eigenvalue weighted by atomic mass is 9.85. The molecule has 296 valence electrons. The zero-order valence-electron chi connectivity index (χ0n) is 35.0. The Hall–Kier alpha value is -7.94. The molecule has 0 atom stereocenters. The van der Waals surface area contributed by atoms with E-state index in [1.807, 2.05) is 0 Å². The summed E-state index contributed by atoms with van der Waals surface area (Å²) in [6.07, 6.45) is 0. The van der Waals surface area contributed by atoms with Crippen LogP contribution >= 0.6 is 0 Å². The van der Waals surface area contributed by atoms with Crippen molar-refractivity contribution in [3.8, 4) is 44.5 Å². The summed E-state index contributed by atoms with van der Waals surface area (Å²) in [7, 11) is 0. The van der Waals surface area contributed by atoms with Crippen LogP contribution in [0.25, 0.3) is 87.6 Å². The average molecular weight is 803 g/mol. The quantitative estimate of drug-likeness (QED) is 0.164. The molecule has 2 aliphatic heterocycles. The van der Waals surface area contributed by atoms with Crippen molar-refractivity contribution >= 4 is 65.8 Å². The number of nitrogens with zero attached hydrogens (tertiary/aromatic N) is 2. The van der Waals surface area contributed by atoms with Gasteiger partial charge in [-0.25, -0.2) is 0 Å². The van der Waals surface area contributed by atoms with E-state index in [0.717, 1.165) is 13.1 Å². The molecule has 0 radical (unpaired) electrons. The number of hydrogen-bond donors (Lipinski definition) is 0. The van der Waals surface area contributed by atoms with Gasteiger partial charge in [-0.1, -0.05) is 194 Å². The van der Waals surface area contributed by atoms with Crippen LogP contribution in [0.2, 0.25) is 0 Å². The van der Waals surface area contributed by atoms with Crippen molar-refractivity contribution < 1.29 is 0 Å². The first-order valence-corrected chi connectivity index (χ1v) is 22.1. The standard InChI is InChI=1S/C61H42N2/c1-39-34-42(58-48-24-6-10-28-52(48)60(53-29-11-7-25-49(53)58)62-37-40-18-2-4-20-44(40)46-22-14-16-32-56(46)62)36-43(35-39)59-50-26-8-12-30-54(50)61(55-31-13-9-27-51(55)59)63-38-41-19-3-5-21-45(41)47-23-15-17-33-57(47)63/h2-36H,37-38H2,1H3. The lowest BCUT2D eigenvalue weighted by Crippen LogP contribution is -2.22. The van der Waals surface area contributed by atoms with Crippen LogP contribution in [0.15, 0.2) is 212 Å². The first kappa shape index (κ1) is 35.8. The minimum atomic E-state index is 0.806. The van der Waals surface area contributed by atoms with Gasteiger partial charge in [0.2, 0.25) is 0 Å². The average Bonchev–Trinajstić information content (AvgIpc) is 3.34. The van der Waals surface area contributed by atoms with Crippen molar-refractivity contribution in [2.75, 3.05) is 9.80 Å². The molecule has 0 saturated carbocycles. The smallest absolute Gasteiger partial charge is 0.0573 e. The van der Waals surface area contributed by atoms with Crippen LogP contribution in [0.1, 0.15) is 16.7 Å². The first-order valence-electron chi connectivity index (χ1n) is 22.1. The second-order valence-corrected chi connectivity index (χ2v) is 17.2. The number of fused-ring (bicyclic) bond motifs is 10. The van der Waals surface area contributed by atoms with Crippen LogP contribution in [-0.2, 0) is 13.1 Å². The Morgan fingerprint density at radius 3 is 0.984 bits per heavy atom. The van der Waals surface area contributed by atoms with E-state index < -0.39 is 0 Å². The fraction of sp³-hybridized carbons (Fsp3) is 0.0492. The van der Waals surface area contributed by atoms with Gasteiger partial charge in [0, 0.05) is 57.1 Å². The van der Waals surface area contributed by atoms with Gasteiger partial charge in [0.15, 0.2) is 0 Å². The van der Waals surface area contributed by atoms with Crippen LogP contribution in [-0.4, -0.2) is 0 Å². The van der Waals surface area contributed by atoms with Gasteiger partial charge in [-0.3, -0.25) is 0 Å². The Bertz CT molecular complexity index is 3320. The van der Waals surface area contributed by atoms with Crippen LogP contribution in [0, 0.1) is 6.92 Å². The molecular formula is C61H42N2. The summed E-state index contributed by atoms with van der Waals surface area (Å²) in [4.78, 5) is 5.12. The third-order valence-electron chi connectivity index (χ3n) is 13.7. The van der Waals surface area contributed by atoms with Gasteiger partial charge in [-0.15, -0.1) is 0 Å². The van der Waals surface area contributed by atoms with Gasteiger partial charge in [0.05, 0.1) is 11.4 Å². The van der Waals surface area contributed by atoms with Crippen molar-refractivity contribution in [1.82, 2.24) is 0 Å². The summed E-state index contributed by atoms with van der Waals surface area (Å²) in [5, 5.41) is 10.1. The third kappa shape index (κ3) is 5.44. The van der Waals surface area contributed by atoms with Crippen molar-refractivity contribution in [3.05, 3.63) is 229 Å². The van der Waals surface area contributed by atoms with Crippen LogP contribution in [0.4, 0.5) is 22.7 Å². The maximum atomic E-state index is 2.56. The van der Waals surface area contributed by atoms with Crippen molar-refractivity contribution in [1.29, 1.82) is 0 Å². The summed E-state index contributed by atoms with van der Waals surface area (Å²) in [5.41, 5.74) is 19.1. The van der Waals surface area contributed by atoms with Crippen LogP contribution in [0.3, 0.4) is 0 Å². The Kier molecular flexibility index (Phi) is 7.98. The molecule has 63 heavy (non-hydrogen) atoms. The highest BCUT2D eigenvalue weighted by Gasteiger charge is 2.29. The lowest BCUT2D eigenvalue weighted by molar-refractivity contribution is 0.970. The van der Waals surface area contributed by atoms with Crippen LogP contribution < -0.4 is 9.80 Å². The van der Waals surface area contributed by atoms with E-state index in [0.29, 0.717) is 0 Å². The van der Waals surface area contributed by atoms with Gasteiger partial charge in [0.25, 0.3) is 0 Å². The SMILES string of the molecule is Cc1cc(-c2c3ccccc3c(N3Cc4ccccc4-c4ccccc43)c3ccccc23)cc(-c2c3ccccc3c(N3Cc4ccccc4-c4ccccc43)c3ccccc23)c1. The van der Waals surface area contributed by atoms with E-state index in [1.54, 1.807) is 0 Å².